The lowest BCUT2D eigenvalue weighted by atomic mass is 9.90. The first-order chi connectivity index (χ1) is 12.2. The molecule has 8 heteroatoms. The van der Waals surface area contributed by atoms with Gasteiger partial charge in [-0.1, -0.05) is 24.3 Å². The quantitative estimate of drug-likeness (QED) is 0.522. The van der Waals surface area contributed by atoms with E-state index in [9.17, 15) is 39.6 Å². The predicted molar refractivity (Wildman–Crippen MR) is 89.3 cm³/mol. The molecular weight excluding hydrogens is 344 g/mol. The minimum Gasteiger partial charge on any atom is -0.478 e. The van der Waals surface area contributed by atoms with Gasteiger partial charge in [-0.05, 0) is 28.3 Å². The van der Waals surface area contributed by atoms with Crippen LogP contribution >= 0.6 is 0 Å². The summed E-state index contributed by atoms with van der Waals surface area (Å²) in [5.74, 6) is -5.86. The summed E-state index contributed by atoms with van der Waals surface area (Å²) in [4.78, 5) is 46.0. The van der Waals surface area contributed by atoms with E-state index in [0.717, 1.165) is 12.1 Å². The van der Waals surface area contributed by atoms with Crippen LogP contribution in [0.15, 0.2) is 36.4 Å². The Bertz CT molecular complexity index is 1140. The summed E-state index contributed by atoms with van der Waals surface area (Å²) in [7, 11) is 0. The summed E-state index contributed by atoms with van der Waals surface area (Å²) in [6.07, 6.45) is 0. The maximum Gasteiger partial charge on any atom is 0.337 e. The zero-order chi connectivity index (χ0) is 19.2. The molecule has 0 aromatic heterocycles. The fourth-order valence-electron chi connectivity index (χ4n) is 3.04. The number of carboxylic acid groups (broad SMARTS) is 4. The molecule has 0 saturated carbocycles. The van der Waals surface area contributed by atoms with Crippen molar-refractivity contribution in [2.24, 2.45) is 0 Å². The second-order valence-electron chi connectivity index (χ2n) is 5.46. The predicted octanol–water partition coefficient (Wildman–Crippen LogP) is 2.79. The summed E-state index contributed by atoms with van der Waals surface area (Å²) < 4.78 is 0. The number of aromatic carboxylic acids is 4. The lowest BCUT2D eigenvalue weighted by Crippen LogP contribution is -2.11. The van der Waals surface area contributed by atoms with E-state index in [0.29, 0.717) is 5.39 Å². The van der Waals surface area contributed by atoms with Crippen LogP contribution < -0.4 is 0 Å². The first kappa shape index (κ1) is 16.9. The Balaban J connectivity index is 2.62. The molecule has 26 heavy (non-hydrogen) atoms. The molecule has 0 amide bonds. The van der Waals surface area contributed by atoms with E-state index in [2.05, 4.69) is 0 Å². The van der Waals surface area contributed by atoms with E-state index in [1.807, 2.05) is 0 Å². The Kier molecular flexibility index (Phi) is 3.80. The monoisotopic (exact) mass is 354 g/mol. The minimum absolute atomic E-state index is 0.00920. The number of carbonyl (C=O) groups is 4. The average molecular weight is 354 g/mol. The SMILES string of the molecule is O=C(O)c1ccc2c(ccc3ccc(C(=O)O)c(C(=O)O)c32)c1C(=O)O. The van der Waals surface area contributed by atoms with Crippen LogP contribution in [-0.4, -0.2) is 44.3 Å². The van der Waals surface area contributed by atoms with Gasteiger partial charge in [0.25, 0.3) is 0 Å². The molecule has 0 aliphatic rings. The van der Waals surface area contributed by atoms with Gasteiger partial charge >= 0.3 is 23.9 Å². The second-order valence-corrected chi connectivity index (χ2v) is 5.46. The van der Waals surface area contributed by atoms with E-state index in [1.165, 1.54) is 24.3 Å². The Morgan fingerprint density at radius 2 is 1.00 bits per heavy atom. The normalized spacial score (nSPS) is 10.8. The molecule has 0 heterocycles. The molecule has 0 radical (unpaired) electrons. The van der Waals surface area contributed by atoms with Gasteiger partial charge in [-0.15, -0.1) is 0 Å². The molecule has 3 rings (SSSR count). The summed E-state index contributed by atoms with van der Waals surface area (Å²) in [6, 6.07) is 7.71. The van der Waals surface area contributed by atoms with E-state index in [-0.39, 0.29) is 16.2 Å². The highest BCUT2D eigenvalue weighted by Gasteiger charge is 2.24. The van der Waals surface area contributed by atoms with Crippen LogP contribution in [0.3, 0.4) is 0 Å². The zero-order valence-electron chi connectivity index (χ0n) is 12.9. The Labute approximate surface area is 144 Å². The standard InChI is InChI=1S/C18H10O8/c19-15(20)10-6-5-8-9(13(10)17(23)24)3-1-7-2-4-11(16(21)22)14(12(7)8)18(25)26/h1-6H,(H,19,20)(H,21,22)(H,23,24)(H,25,26). The highest BCUT2D eigenvalue weighted by atomic mass is 16.4. The van der Waals surface area contributed by atoms with Crippen LogP contribution in [0.4, 0.5) is 0 Å². The van der Waals surface area contributed by atoms with Crippen LogP contribution in [0.2, 0.25) is 0 Å². The van der Waals surface area contributed by atoms with Gasteiger partial charge in [0.1, 0.15) is 0 Å². The maximum atomic E-state index is 11.7. The molecule has 0 aliphatic carbocycles. The second kappa shape index (κ2) is 5.85. The Morgan fingerprint density at radius 3 is 1.54 bits per heavy atom. The molecule has 0 atom stereocenters. The summed E-state index contributed by atoms with van der Waals surface area (Å²) >= 11 is 0. The lowest BCUT2D eigenvalue weighted by Gasteiger charge is -2.12. The third kappa shape index (κ3) is 2.40. The molecule has 0 spiro atoms. The average Bonchev–Trinajstić information content (AvgIpc) is 2.58. The van der Waals surface area contributed by atoms with Crippen molar-refractivity contribution in [1.29, 1.82) is 0 Å². The molecule has 8 nitrogen and oxygen atoms in total. The van der Waals surface area contributed by atoms with Crippen molar-refractivity contribution < 1.29 is 39.6 Å². The lowest BCUT2D eigenvalue weighted by molar-refractivity contribution is 0.0653. The highest BCUT2D eigenvalue weighted by molar-refractivity contribution is 6.23. The first-order valence-electron chi connectivity index (χ1n) is 7.19. The molecule has 0 bridgehead atoms. The van der Waals surface area contributed by atoms with Crippen LogP contribution in [-0.2, 0) is 0 Å². The number of fused-ring (bicyclic) bond motifs is 3. The first-order valence-corrected chi connectivity index (χ1v) is 7.19. The molecule has 4 N–H and O–H groups in total. The van der Waals surface area contributed by atoms with Crippen LogP contribution in [0.25, 0.3) is 21.5 Å². The molecule has 0 aliphatic heterocycles. The number of carboxylic acids is 4. The van der Waals surface area contributed by atoms with Crippen molar-refractivity contribution in [3.8, 4) is 0 Å². The fraction of sp³-hybridized carbons (Fsp3) is 0. The zero-order valence-corrected chi connectivity index (χ0v) is 12.9. The molecule has 0 unspecified atom stereocenters. The van der Waals surface area contributed by atoms with E-state index in [1.54, 1.807) is 0 Å². The van der Waals surface area contributed by atoms with Crippen molar-refractivity contribution >= 4 is 45.4 Å². The topological polar surface area (TPSA) is 149 Å². The van der Waals surface area contributed by atoms with Crippen LogP contribution in [0.1, 0.15) is 41.4 Å². The van der Waals surface area contributed by atoms with Gasteiger partial charge in [0.15, 0.2) is 0 Å². The van der Waals surface area contributed by atoms with Crippen LogP contribution in [0.5, 0.6) is 0 Å². The van der Waals surface area contributed by atoms with Crippen molar-refractivity contribution in [1.82, 2.24) is 0 Å². The van der Waals surface area contributed by atoms with Crippen molar-refractivity contribution in [3.63, 3.8) is 0 Å². The number of hydrogen-bond donors (Lipinski definition) is 4. The largest absolute Gasteiger partial charge is 0.478 e. The third-order valence-electron chi connectivity index (χ3n) is 4.07. The van der Waals surface area contributed by atoms with E-state index < -0.39 is 46.1 Å². The van der Waals surface area contributed by atoms with E-state index in [4.69, 9.17) is 0 Å². The smallest absolute Gasteiger partial charge is 0.337 e. The Morgan fingerprint density at radius 1 is 0.538 bits per heavy atom. The number of hydrogen-bond acceptors (Lipinski definition) is 4. The van der Waals surface area contributed by atoms with Gasteiger partial charge in [-0.2, -0.15) is 0 Å². The van der Waals surface area contributed by atoms with Gasteiger partial charge in [0, 0.05) is 5.39 Å². The summed E-state index contributed by atoms with van der Waals surface area (Å²) in [6.45, 7) is 0. The van der Waals surface area contributed by atoms with Crippen molar-refractivity contribution in [2.75, 3.05) is 0 Å². The third-order valence-corrected chi connectivity index (χ3v) is 4.07. The minimum atomic E-state index is -1.49. The highest BCUT2D eigenvalue weighted by Crippen LogP contribution is 2.33. The van der Waals surface area contributed by atoms with E-state index >= 15 is 0 Å². The molecule has 0 saturated heterocycles. The summed E-state index contributed by atoms with van der Waals surface area (Å²) in [5.41, 5.74) is -1.87. The van der Waals surface area contributed by atoms with Gasteiger partial charge in [-0.25, -0.2) is 19.2 Å². The van der Waals surface area contributed by atoms with Gasteiger partial charge in [0.2, 0.25) is 0 Å². The van der Waals surface area contributed by atoms with Crippen LogP contribution in [0, 0.1) is 0 Å². The summed E-state index contributed by atoms with van der Waals surface area (Å²) in [5, 5.41) is 38.0. The maximum absolute atomic E-state index is 11.7. The Hall–Kier alpha value is -3.94. The number of benzene rings is 3. The van der Waals surface area contributed by atoms with Crippen molar-refractivity contribution in [3.05, 3.63) is 58.7 Å². The molecule has 3 aromatic rings. The van der Waals surface area contributed by atoms with Gasteiger partial charge in [-0.3, -0.25) is 0 Å². The number of rotatable bonds is 4. The van der Waals surface area contributed by atoms with Gasteiger partial charge < -0.3 is 20.4 Å². The molecule has 0 fully saturated rings. The molecule has 3 aromatic carbocycles. The van der Waals surface area contributed by atoms with Gasteiger partial charge in [0.05, 0.1) is 22.3 Å². The van der Waals surface area contributed by atoms with Crippen molar-refractivity contribution in [2.45, 2.75) is 0 Å². The molecular formula is C18H10O8. The fourth-order valence-corrected chi connectivity index (χ4v) is 3.04. The molecule has 130 valence electrons.